The van der Waals surface area contributed by atoms with Gasteiger partial charge in [0.25, 0.3) is 5.91 Å². The van der Waals surface area contributed by atoms with Gasteiger partial charge >= 0.3 is 5.97 Å². The van der Waals surface area contributed by atoms with Crippen molar-refractivity contribution in [2.24, 2.45) is 5.92 Å². The number of rotatable bonds is 9. The predicted octanol–water partition coefficient (Wildman–Crippen LogP) is 2.79. The van der Waals surface area contributed by atoms with E-state index in [-0.39, 0.29) is 12.5 Å². The predicted molar refractivity (Wildman–Crippen MR) is 113 cm³/mol. The molecule has 1 aromatic carbocycles. The first-order valence-electron chi connectivity index (χ1n) is 10.1. The highest BCUT2D eigenvalue weighted by Crippen LogP contribution is 2.31. The summed E-state index contributed by atoms with van der Waals surface area (Å²) in [5, 5.41) is 16.6. The quantitative estimate of drug-likeness (QED) is 0.560. The molecule has 1 saturated carbocycles. The van der Waals surface area contributed by atoms with Crippen LogP contribution in [0.3, 0.4) is 0 Å². The number of aliphatic carboxylic acids is 1. The van der Waals surface area contributed by atoms with E-state index in [1.807, 2.05) is 0 Å². The first kappa shape index (κ1) is 19.8. The van der Waals surface area contributed by atoms with E-state index in [1.54, 1.807) is 30.5 Å². The topological polar surface area (TPSA) is 113 Å². The number of nitrogens with one attached hydrogen (secondary N) is 1. The summed E-state index contributed by atoms with van der Waals surface area (Å²) in [6.45, 7) is 3.77. The van der Waals surface area contributed by atoms with Crippen molar-refractivity contribution in [1.29, 1.82) is 0 Å². The number of hydrogen-bond donors (Lipinski definition) is 2. The molecule has 9 heteroatoms. The van der Waals surface area contributed by atoms with Gasteiger partial charge in [-0.3, -0.25) is 14.3 Å². The second kappa shape index (κ2) is 8.48. The van der Waals surface area contributed by atoms with E-state index < -0.39 is 5.97 Å². The molecular weight excluding hydrogens is 384 g/mol. The Morgan fingerprint density at radius 1 is 1.27 bits per heavy atom. The molecule has 2 heterocycles. The molecule has 1 aliphatic rings. The number of aromatic nitrogens is 4. The average molecular weight is 408 g/mol. The fourth-order valence-corrected chi connectivity index (χ4v) is 3.44. The molecule has 30 heavy (non-hydrogen) atoms. The standard InChI is InChI=1S/C21H24N6O3/c1-2-7-26(11-14-3-4-14)19-9-17(22-13-23-19)21(30)25-16-5-6-18-15(8-16)10-24-27(18)12-20(28)29/h5-6,8-10,13-14H,2-4,7,11-12H2,1H3,(H,25,30)(H,28,29). The molecule has 0 aliphatic heterocycles. The number of carboxylic acid groups (broad SMARTS) is 1. The molecule has 2 aromatic heterocycles. The van der Waals surface area contributed by atoms with Crippen molar-refractivity contribution in [1.82, 2.24) is 19.7 Å². The molecule has 0 atom stereocenters. The number of anilines is 2. The van der Waals surface area contributed by atoms with Gasteiger partial charge in [-0.2, -0.15) is 5.10 Å². The number of nitrogens with zero attached hydrogens (tertiary/aromatic N) is 5. The van der Waals surface area contributed by atoms with Crippen LogP contribution >= 0.6 is 0 Å². The third-order valence-corrected chi connectivity index (χ3v) is 5.06. The molecule has 0 radical (unpaired) electrons. The number of hydrogen-bond acceptors (Lipinski definition) is 6. The first-order chi connectivity index (χ1) is 14.5. The third-order valence-electron chi connectivity index (χ3n) is 5.06. The van der Waals surface area contributed by atoms with Crippen LogP contribution in [0.25, 0.3) is 10.9 Å². The zero-order valence-electron chi connectivity index (χ0n) is 16.8. The Kier molecular flexibility index (Phi) is 5.60. The summed E-state index contributed by atoms with van der Waals surface area (Å²) >= 11 is 0. The highest BCUT2D eigenvalue weighted by Gasteiger charge is 2.25. The fourth-order valence-electron chi connectivity index (χ4n) is 3.44. The van der Waals surface area contributed by atoms with Gasteiger partial charge in [-0.15, -0.1) is 0 Å². The van der Waals surface area contributed by atoms with Crippen LogP contribution in [-0.4, -0.2) is 49.8 Å². The van der Waals surface area contributed by atoms with Crippen molar-refractivity contribution >= 4 is 34.3 Å². The maximum atomic E-state index is 12.7. The monoisotopic (exact) mass is 408 g/mol. The molecule has 2 N–H and O–H groups in total. The normalized spacial score (nSPS) is 13.4. The Hall–Kier alpha value is -3.49. The Balaban J connectivity index is 1.50. The first-order valence-corrected chi connectivity index (χ1v) is 10.1. The van der Waals surface area contributed by atoms with E-state index in [0.29, 0.717) is 16.9 Å². The zero-order valence-corrected chi connectivity index (χ0v) is 16.8. The molecular formula is C21H24N6O3. The SMILES string of the molecule is CCCN(CC1CC1)c1cc(C(=O)Nc2ccc3c(cnn3CC(=O)O)c2)ncn1. The Morgan fingerprint density at radius 2 is 2.10 bits per heavy atom. The smallest absolute Gasteiger partial charge is 0.325 e. The van der Waals surface area contributed by atoms with E-state index in [2.05, 4.69) is 32.2 Å². The van der Waals surface area contributed by atoms with Crippen molar-refractivity contribution in [3.05, 3.63) is 42.5 Å². The van der Waals surface area contributed by atoms with Crippen LogP contribution in [0, 0.1) is 5.92 Å². The van der Waals surface area contributed by atoms with Crippen LogP contribution in [0.15, 0.2) is 36.8 Å². The van der Waals surface area contributed by atoms with Gasteiger partial charge in [0.05, 0.1) is 11.7 Å². The van der Waals surface area contributed by atoms with Gasteiger partial charge in [0.2, 0.25) is 0 Å². The molecule has 1 fully saturated rings. The van der Waals surface area contributed by atoms with Gasteiger partial charge in [-0.05, 0) is 43.4 Å². The molecule has 1 amide bonds. The second-order valence-electron chi connectivity index (χ2n) is 7.57. The number of carboxylic acids is 1. The van der Waals surface area contributed by atoms with Crippen molar-refractivity contribution in [3.8, 4) is 0 Å². The highest BCUT2D eigenvalue weighted by atomic mass is 16.4. The lowest BCUT2D eigenvalue weighted by molar-refractivity contribution is -0.137. The Labute approximate surface area is 173 Å². The van der Waals surface area contributed by atoms with Crippen LogP contribution in [0.1, 0.15) is 36.7 Å². The summed E-state index contributed by atoms with van der Waals surface area (Å²) in [6, 6.07) is 6.96. The van der Waals surface area contributed by atoms with Gasteiger partial charge in [0.15, 0.2) is 0 Å². The lowest BCUT2D eigenvalue weighted by Gasteiger charge is -2.23. The summed E-state index contributed by atoms with van der Waals surface area (Å²) in [6.07, 6.45) is 6.53. The molecule has 0 bridgehead atoms. The van der Waals surface area contributed by atoms with Crippen molar-refractivity contribution in [2.75, 3.05) is 23.3 Å². The van der Waals surface area contributed by atoms with E-state index in [1.165, 1.54) is 23.9 Å². The lowest BCUT2D eigenvalue weighted by atomic mass is 10.2. The second-order valence-corrected chi connectivity index (χ2v) is 7.57. The summed E-state index contributed by atoms with van der Waals surface area (Å²) in [5.74, 6) is 0.210. The molecule has 9 nitrogen and oxygen atoms in total. The number of fused-ring (bicyclic) bond motifs is 1. The minimum Gasteiger partial charge on any atom is -0.480 e. The van der Waals surface area contributed by atoms with Crippen LogP contribution in [0.5, 0.6) is 0 Å². The molecule has 0 saturated heterocycles. The number of amides is 1. The van der Waals surface area contributed by atoms with Crippen LogP contribution in [-0.2, 0) is 11.3 Å². The third kappa shape index (κ3) is 4.56. The minimum atomic E-state index is -0.962. The number of benzene rings is 1. The van der Waals surface area contributed by atoms with Crippen molar-refractivity contribution < 1.29 is 14.7 Å². The largest absolute Gasteiger partial charge is 0.480 e. The van der Waals surface area contributed by atoms with Gasteiger partial charge in [0.1, 0.15) is 24.4 Å². The summed E-state index contributed by atoms with van der Waals surface area (Å²) in [5.41, 5.74) is 1.58. The van der Waals surface area contributed by atoms with Crippen LogP contribution in [0.2, 0.25) is 0 Å². The maximum Gasteiger partial charge on any atom is 0.325 e. The molecule has 3 aromatic rings. The molecule has 4 rings (SSSR count). The Morgan fingerprint density at radius 3 is 2.83 bits per heavy atom. The molecule has 1 aliphatic carbocycles. The summed E-state index contributed by atoms with van der Waals surface area (Å²) in [7, 11) is 0. The van der Waals surface area contributed by atoms with Crippen LogP contribution < -0.4 is 10.2 Å². The fraction of sp³-hybridized carbons (Fsp3) is 0.381. The minimum absolute atomic E-state index is 0.214. The van der Waals surface area contributed by atoms with Gasteiger partial charge in [0, 0.05) is 30.2 Å². The molecule has 0 spiro atoms. The van der Waals surface area contributed by atoms with Crippen molar-refractivity contribution in [2.45, 2.75) is 32.7 Å². The van der Waals surface area contributed by atoms with Crippen molar-refractivity contribution in [3.63, 3.8) is 0 Å². The average Bonchev–Trinajstić information content (AvgIpc) is 3.47. The lowest BCUT2D eigenvalue weighted by Crippen LogP contribution is -2.28. The number of carbonyl (C=O) groups excluding carboxylic acids is 1. The highest BCUT2D eigenvalue weighted by molar-refractivity contribution is 6.04. The molecule has 156 valence electrons. The Bertz CT molecular complexity index is 1080. The van der Waals surface area contributed by atoms with Gasteiger partial charge in [-0.25, -0.2) is 9.97 Å². The summed E-state index contributed by atoms with van der Waals surface area (Å²) in [4.78, 5) is 34.4. The van der Waals surface area contributed by atoms with Crippen LogP contribution in [0.4, 0.5) is 11.5 Å². The van der Waals surface area contributed by atoms with Gasteiger partial charge < -0.3 is 15.3 Å². The van der Waals surface area contributed by atoms with E-state index in [9.17, 15) is 9.59 Å². The summed E-state index contributed by atoms with van der Waals surface area (Å²) < 4.78 is 1.40. The van der Waals surface area contributed by atoms with E-state index >= 15 is 0 Å². The zero-order chi connectivity index (χ0) is 21.1. The number of carbonyl (C=O) groups is 2. The van der Waals surface area contributed by atoms with Gasteiger partial charge in [-0.1, -0.05) is 6.92 Å². The molecule has 0 unspecified atom stereocenters. The van der Waals surface area contributed by atoms with E-state index in [0.717, 1.165) is 36.6 Å². The van der Waals surface area contributed by atoms with E-state index in [4.69, 9.17) is 5.11 Å². The maximum absolute atomic E-state index is 12.7.